The highest BCUT2D eigenvalue weighted by atomic mass is 16.3. The quantitative estimate of drug-likeness (QED) is 0.378. The molecule has 0 bridgehead atoms. The smallest absolute Gasteiger partial charge is 0.133 e. The van der Waals surface area contributed by atoms with Gasteiger partial charge in [0.2, 0.25) is 0 Å². The largest absolute Gasteiger partial charge is 0.508 e. The number of anilines is 1. The van der Waals surface area contributed by atoms with Gasteiger partial charge in [-0.1, -0.05) is 26.3 Å². The SMILES string of the molecule is CCCCn1ccc2c(NC(=N)c3cc(CC)c(O)cc3O)cccc21. The minimum absolute atomic E-state index is 0.0525. The van der Waals surface area contributed by atoms with E-state index >= 15 is 0 Å². The minimum Gasteiger partial charge on any atom is -0.508 e. The van der Waals surface area contributed by atoms with Crippen molar-refractivity contribution in [2.24, 2.45) is 0 Å². The summed E-state index contributed by atoms with van der Waals surface area (Å²) in [6.07, 6.45) is 4.96. The zero-order valence-corrected chi connectivity index (χ0v) is 15.2. The molecule has 0 atom stereocenters. The van der Waals surface area contributed by atoms with Crippen molar-refractivity contribution >= 4 is 22.4 Å². The van der Waals surface area contributed by atoms with Crippen LogP contribution >= 0.6 is 0 Å². The second kappa shape index (κ2) is 7.52. The molecular weight excluding hydrogens is 326 g/mol. The molecule has 3 rings (SSSR count). The summed E-state index contributed by atoms with van der Waals surface area (Å²) >= 11 is 0. The molecule has 0 aliphatic heterocycles. The van der Waals surface area contributed by atoms with Gasteiger partial charge in [0.05, 0.1) is 11.1 Å². The highest BCUT2D eigenvalue weighted by molar-refractivity contribution is 6.11. The molecule has 0 aliphatic rings. The van der Waals surface area contributed by atoms with E-state index in [-0.39, 0.29) is 17.3 Å². The Kier molecular flexibility index (Phi) is 5.16. The highest BCUT2D eigenvalue weighted by Crippen LogP contribution is 2.30. The first-order valence-corrected chi connectivity index (χ1v) is 9.03. The van der Waals surface area contributed by atoms with Gasteiger partial charge in [-0.25, -0.2) is 0 Å². The number of aryl methyl sites for hydroxylation is 2. The number of nitrogens with zero attached hydrogens (tertiary/aromatic N) is 1. The average Bonchev–Trinajstić information content (AvgIpc) is 3.04. The van der Waals surface area contributed by atoms with E-state index in [0.29, 0.717) is 17.5 Å². The van der Waals surface area contributed by atoms with Crippen molar-refractivity contribution in [1.82, 2.24) is 4.57 Å². The zero-order chi connectivity index (χ0) is 18.7. The van der Waals surface area contributed by atoms with Crippen molar-refractivity contribution in [2.75, 3.05) is 5.32 Å². The Bertz CT molecular complexity index is 944. The van der Waals surface area contributed by atoms with Crippen LogP contribution in [-0.2, 0) is 13.0 Å². The molecule has 4 N–H and O–H groups in total. The summed E-state index contributed by atoms with van der Waals surface area (Å²) in [5.74, 6) is 0.0487. The molecule has 26 heavy (non-hydrogen) atoms. The summed E-state index contributed by atoms with van der Waals surface area (Å²) in [6.45, 7) is 5.07. The van der Waals surface area contributed by atoms with Crippen LogP contribution in [0.15, 0.2) is 42.6 Å². The van der Waals surface area contributed by atoms with Gasteiger partial charge in [-0.3, -0.25) is 5.41 Å². The number of benzene rings is 2. The molecule has 1 heterocycles. The lowest BCUT2D eigenvalue weighted by molar-refractivity contribution is 0.446. The van der Waals surface area contributed by atoms with Crippen LogP contribution in [0.25, 0.3) is 10.9 Å². The molecule has 0 unspecified atom stereocenters. The van der Waals surface area contributed by atoms with Crippen LogP contribution in [-0.4, -0.2) is 20.6 Å². The molecule has 0 radical (unpaired) electrons. The van der Waals surface area contributed by atoms with Crippen LogP contribution in [0, 0.1) is 5.41 Å². The van der Waals surface area contributed by atoms with Crippen LogP contribution in [0.2, 0.25) is 0 Å². The number of fused-ring (bicyclic) bond motifs is 1. The molecule has 0 aliphatic carbocycles. The summed E-state index contributed by atoms with van der Waals surface area (Å²) < 4.78 is 2.22. The first-order chi connectivity index (χ1) is 12.5. The number of rotatable bonds is 6. The fraction of sp³-hybridized carbons (Fsp3) is 0.286. The first-order valence-electron chi connectivity index (χ1n) is 9.03. The number of aromatic hydroxyl groups is 2. The van der Waals surface area contributed by atoms with Crippen LogP contribution in [0.1, 0.15) is 37.8 Å². The number of hydrogen-bond acceptors (Lipinski definition) is 3. The van der Waals surface area contributed by atoms with E-state index in [1.54, 1.807) is 6.07 Å². The van der Waals surface area contributed by atoms with E-state index in [4.69, 9.17) is 5.41 Å². The first kappa shape index (κ1) is 17.9. The summed E-state index contributed by atoms with van der Waals surface area (Å²) in [6, 6.07) is 11.0. The van der Waals surface area contributed by atoms with E-state index < -0.39 is 0 Å². The van der Waals surface area contributed by atoms with Crippen LogP contribution in [0.4, 0.5) is 5.69 Å². The molecule has 5 heteroatoms. The van der Waals surface area contributed by atoms with Gasteiger partial charge >= 0.3 is 0 Å². The van der Waals surface area contributed by atoms with Crippen molar-refractivity contribution in [1.29, 1.82) is 5.41 Å². The number of aromatic nitrogens is 1. The Labute approximate surface area is 153 Å². The average molecular weight is 351 g/mol. The predicted molar refractivity (Wildman–Crippen MR) is 106 cm³/mol. The van der Waals surface area contributed by atoms with Crippen molar-refractivity contribution in [2.45, 2.75) is 39.7 Å². The monoisotopic (exact) mass is 351 g/mol. The number of nitrogens with one attached hydrogen (secondary N) is 2. The molecule has 3 aromatic rings. The maximum absolute atomic E-state index is 10.1. The molecule has 0 saturated heterocycles. The molecule has 0 spiro atoms. The highest BCUT2D eigenvalue weighted by Gasteiger charge is 2.14. The molecule has 1 aromatic heterocycles. The number of phenols is 2. The Balaban J connectivity index is 1.92. The molecule has 0 amide bonds. The Morgan fingerprint density at radius 3 is 2.65 bits per heavy atom. The lowest BCUT2D eigenvalue weighted by Crippen LogP contribution is -2.13. The van der Waals surface area contributed by atoms with Gasteiger partial charge in [0.1, 0.15) is 17.3 Å². The number of hydrogen-bond donors (Lipinski definition) is 4. The molecule has 0 fully saturated rings. The molecule has 136 valence electrons. The van der Waals surface area contributed by atoms with Crippen molar-refractivity contribution in [3.63, 3.8) is 0 Å². The fourth-order valence-corrected chi connectivity index (χ4v) is 3.16. The van der Waals surface area contributed by atoms with Gasteiger partial charge in [-0.2, -0.15) is 0 Å². The van der Waals surface area contributed by atoms with Gasteiger partial charge in [-0.05, 0) is 42.7 Å². The van der Waals surface area contributed by atoms with Crippen molar-refractivity contribution in [3.8, 4) is 11.5 Å². The normalized spacial score (nSPS) is 11.0. The van der Waals surface area contributed by atoms with E-state index in [1.807, 2.05) is 19.1 Å². The number of amidine groups is 1. The number of phenolic OH excluding ortho intramolecular Hbond substituents is 2. The number of unbranched alkanes of at least 4 members (excludes halogenated alkanes) is 1. The van der Waals surface area contributed by atoms with Gasteiger partial charge < -0.3 is 20.1 Å². The van der Waals surface area contributed by atoms with Crippen LogP contribution < -0.4 is 5.32 Å². The Morgan fingerprint density at radius 1 is 1.12 bits per heavy atom. The van der Waals surface area contributed by atoms with Gasteiger partial charge in [-0.15, -0.1) is 0 Å². The summed E-state index contributed by atoms with van der Waals surface area (Å²) in [5, 5.41) is 32.5. The Morgan fingerprint density at radius 2 is 1.92 bits per heavy atom. The Hall–Kier alpha value is -2.95. The summed E-state index contributed by atoms with van der Waals surface area (Å²) in [4.78, 5) is 0. The van der Waals surface area contributed by atoms with E-state index in [1.165, 1.54) is 6.07 Å². The molecular formula is C21H25N3O2. The van der Waals surface area contributed by atoms with E-state index in [2.05, 4.69) is 35.1 Å². The van der Waals surface area contributed by atoms with Gasteiger partial charge in [0, 0.05) is 29.9 Å². The third kappa shape index (κ3) is 3.38. The van der Waals surface area contributed by atoms with E-state index in [9.17, 15) is 10.2 Å². The fourth-order valence-electron chi connectivity index (χ4n) is 3.16. The molecule has 5 nitrogen and oxygen atoms in total. The minimum atomic E-state index is -0.107. The van der Waals surface area contributed by atoms with Crippen LogP contribution in [0.3, 0.4) is 0 Å². The van der Waals surface area contributed by atoms with Gasteiger partial charge in [0.15, 0.2) is 0 Å². The van der Waals surface area contributed by atoms with Crippen LogP contribution in [0.5, 0.6) is 11.5 Å². The standard InChI is InChI=1S/C21H25N3O2/c1-3-5-10-24-11-9-15-17(7-6-8-18(15)24)23-21(22)16-12-14(4-2)19(25)13-20(16)26/h6-9,11-13,25-26H,3-5,10H2,1-2H3,(H2,22,23). The maximum Gasteiger partial charge on any atom is 0.133 e. The van der Waals surface area contributed by atoms with Crippen molar-refractivity contribution < 1.29 is 10.2 Å². The van der Waals surface area contributed by atoms with E-state index in [0.717, 1.165) is 36.0 Å². The van der Waals surface area contributed by atoms with Gasteiger partial charge in [0.25, 0.3) is 0 Å². The molecule has 0 saturated carbocycles. The second-order valence-electron chi connectivity index (χ2n) is 6.45. The second-order valence-corrected chi connectivity index (χ2v) is 6.45. The lowest BCUT2D eigenvalue weighted by Gasteiger charge is -2.13. The molecule has 2 aromatic carbocycles. The maximum atomic E-state index is 10.1. The zero-order valence-electron chi connectivity index (χ0n) is 15.2. The summed E-state index contributed by atoms with van der Waals surface area (Å²) in [5.41, 5.74) is 3.03. The summed E-state index contributed by atoms with van der Waals surface area (Å²) in [7, 11) is 0. The third-order valence-electron chi connectivity index (χ3n) is 4.67. The predicted octanol–water partition coefficient (Wildman–Crippen LogP) is 4.85. The topological polar surface area (TPSA) is 81.3 Å². The third-order valence-corrected chi connectivity index (χ3v) is 4.67. The lowest BCUT2D eigenvalue weighted by atomic mass is 10.1. The van der Waals surface area contributed by atoms with Crippen molar-refractivity contribution in [3.05, 3.63) is 53.7 Å².